The lowest BCUT2D eigenvalue weighted by atomic mass is 9.77. The van der Waals surface area contributed by atoms with Crippen LogP contribution >= 0.6 is 0 Å². The van der Waals surface area contributed by atoms with E-state index in [9.17, 15) is 0 Å². The van der Waals surface area contributed by atoms with Crippen LogP contribution in [0.1, 0.15) is 69.4 Å². The molecule has 1 aromatic rings. The van der Waals surface area contributed by atoms with Gasteiger partial charge in [0.05, 0.1) is 0 Å². The first-order valence-corrected chi connectivity index (χ1v) is 6.77. The van der Waals surface area contributed by atoms with Crippen molar-refractivity contribution in [3.8, 4) is 0 Å². The molecule has 0 amide bonds. The molecule has 16 heavy (non-hydrogen) atoms. The molecule has 0 heterocycles. The van der Waals surface area contributed by atoms with Crippen LogP contribution in [0.25, 0.3) is 0 Å². The SMILES string of the molecule is CC1CCC(c2ccccc2C(C)C)CC1. The van der Waals surface area contributed by atoms with Gasteiger partial charge in [0.1, 0.15) is 0 Å². The molecule has 0 radical (unpaired) electrons. The Labute approximate surface area is 100 Å². The van der Waals surface area contributed by atoms with Crippen LogP contribution in [0.4, 0.5) is 0 Å². The van der Waals surface area contributed by atoms with Crippen LogP contribution in [0, 0.1) is 5.92 Å². The van der Waals surface area contributed by atoms with Gasteiger partial charge in [-0.1, -0.05) is 57.9 Å². The van der Waals surface area contributed by atoms with Crippen molar-refractivity contribution >= 4 is 0 Å². The molecular formula is C16H24. The van der Waals surface area contributed by atoms with Crippen LogP contribution in [0.2, 0.25) is 0 Å². The van der Waals surface area contributed by atoms with Gasteiger partial charge in [-0.3, -0.25) is 0 Å². The van der Waals surface area contributed by atoms with Crippen LogP contribution in [0.3, 0.4) is 0 Å². The molecule has 2 rings (SSSR count). The quantitative estimate of drug-likeness (QED) is 0.645. The molecule has 1 aliphatic rings. The summed E-state index contributed by atoms with van der Waals surface area (Å²) in [5.41, 5.74) is 3.20. The number of rotatable bonds is 2. The van der Waals surface area contributed by atoms with Gasteiger partial charge in [-0.15, -0.1) is 0 Å². The number of hydrogen-bond donors (Lipinski definition) is 0. The number of benzene rings is 1. The summed E-state index contributed by atoms with van der Waals surface area (Å²) in [6.07, 6.45) is 5.62. The minimum absolute atomic E-state index is 0.663. The molecule has 88 valence electrons. The van der Waals surface area contributed by atoms with Gasteiger partial charge >= 0.3 is 0 Å². The normalized spacial score (nSPS) is 26.0. The van der Waals surface area contributed by atoms with Crippen molar-refractivity contribution in [3.63, 3.8) is 0 Å². The van der Waals surface area contributed by atoms with Crippen LogP contribution in [0.5, 0.6) is 0 Å². The zero-order valence-electron chi connectivity index (χ0n) is 10.9. The highest BCUT2D eigenvalue weighted by Crippen LogP contribution is 2.38. The second kappa shape index (κ2) is 5.03. The highest BCUT2D eigenvalue weighted by atomic mass is 14.3. The van der Waals surface area contributed by atoms with E-state index in [0.29, 0.717) is 5.92 Å². The molecule has 0 aliphatic heterocycles. The molecule has 0 heteroatoms. The van der Waals surface area contributed by atoms with E-state index in [0.717, 1.165) is 11.8 Å². The molecule has 0 atom stereocenters. The Balaban J connectivity index is 2.19. The van der Waals surface area contributed by atoms with Gasteiger partial charge < -0.3 is 0 Å². The van der Waals surface area contributed by atoms with Crippen molar-refractivity contribution in [3.05, 3.63) is 35.4 Å². The summed E-state index contributed by atoms with van der Waals surface area (Å²) in [6, 6.07) is 9.07. The van der Waals surface area contributed by atoms with E-state index in [2.05, 4.69) is 45.0 Å². The van der Waals surface area contributed by atoms with E-state index < -0.39 is 0 Å². The molecular weight excluding hydrogens is 192 g/mol. The van der Waals surface area contributed by atoms with Gasteiger partial charge in [0.15, 0.2) is 0 Å². The van der Waals surface area contributed by atoms with Gasteiger partial charge in [-0.25, -0.2) is 0 Å². The highest BCUT2D eigenvalue weighted by molar-refractivity contribution is 5.33. The molecule has 1 fully saturated rings. The summed E-state index contributed by atoms with van der Waals surface area (Å²) in [6.45, 7) is 7.01. The van der Waals surface area contributed by atoms with E-state index >= 15 is 0 Å². The molecule has 0 nitrogen and oxygen atoms in total. The summed E-state index contributed by atoms with van der Waals surface area (Å²) < 4.78 is 0. The Morgan fingerprint density at radius 2 is 1.62 bits per heavy atom. The van der Waals surface area contributed by atoms with Crippen molar-refractivity contribution in [1.29, 1.82) is 0 Å². The van der Waals surface area contributed by atoms with E-state index in [4.69, 9.17) is 0 Å². The third-order valence-electron chi connectivity index (χ3n) is 4.07. The Morgan fingerprint density at radius 3 is 2.25 bits per heavy atom. The summed E-state index contributed by atoms with van der Waals surface area (Å²) in [5, 5.41) is 0. The van der Waals surface area contributed by atoms with E-state index in [-0.39, 0.29) is 0 Å². The minimum atomic E-state index is 0.663. The van der Waals surface area contributed by atoms with Gasteiger partial charge in [-0.05, 0) is 41.7 Å². The van der Waals surface area contributed by atoms with Crippen LogP contribution < -0.4 is 0 Å². The highest BCUT2D eigenvalue weighted by Gasteiger charge is 2.21. The van der Waals surface area contributed by atoms with Crippen molar-refractivity contribution in [1.82, 2.24) is 0 Å². The maximum atomic E-state index is 2.39. The average molecular weight is 216 g/mol. The standard InChI is InChI=1S/C16H24/c1-12(2)15-6-4-5-7-16(15)14-10-8-13(3)9-11-14/h4-7,12-14H,8-11H2,1-3H3. The van der Waals surface area contributed by atoms with Crippen molar-refractivity contribution < 1.29 is 0 Å². The van der Waals surface area contributed by atoms with Gasteiger partial charge in [0, 0.05) is 0 Å². The Hall–Kier alpha value is -0.780. The van der Waals surface area contributed by atoms with Crippen LogP contribution in [-0.2, 0) is 0 Å². The predicted octanol–water partition coefficient (Wildman–Crippen LogP) is 5.10. The first kappa shape index (κ1) is 11.7. The van der Waals surface area contributed by atoms with E-state index in [1.54, 1.807) is 11.1 Å². The molecule has 0 bridgehead atoms. The lowest BCUT2D eigenvalue weighted by Gasteiger charge is -2.28. The minimum Gasteiger partial charge on any atom is -0.0625 e. The zero-order valence-corrected chi connectivity index (χ0v) is 10.9. The molecule has 0 N–H and O–H groups in total. The molecule has 0 aromatic heterocycles. The summed E-state index contributed by atoms with van der Waals surface area (Å²) in [4.78, 5) is 0. The summed E-state index contributed by atoms with van der Waals surface area (Å²) in [7, 11) is 0. The first-order chi connectivity index (χ1) is 7.68. The lowest BCUT2D eigenvalue weighted by Crippen LogP contribution is -2.12. The second-order valence-electron chi connectivity index (χ2n) is 5.74. The maximum Gasteiger partial charge on any atom is -0.0159 e. The monoisotopic (exact) mass is 216 g/mol. The van der Waals surface area contributed by atoms with E-state index in [1.165, 1.54) is 25.7 Å². The van der Waals surface area contributed by atoms with Crippen molar-refractivity contribution in [2.75, 3.05) is 0 Å². The molecule has 0 spiro atoms. The van der Waals surface area contributed by atoms with Crippen LogP contribution in [-0.4, -0.2) is 0 Å². The summed E-state index contributed by atoms with van der Waals surface area (Å²) >= 11 is 0. The molecule has 1 aromatic carbocycles. The third kappa shape index (κ3) is 2.48. The van der Waals surface area contributed by atoms with Gasteiger partial charge in [0.25, 0.3) is 0 Å². The fourth-order valence-corrected chi connectivity index (χ4v) is 2.98. The fourth-order valence-electron chi connectivity index (χ4n) is 2.98. The van der Waals surface area contributed by atoms with Gasteiger partial charge in [-0.2, -0.15) is 0 Å². The number of hydrogen-bond acceptors (Lipinski definition) is 0. The maximum absolute atomic E-state index is 2.39. The Bertz CT molecular complexity index is 330. The Morgan fingerprint density at radius 1 is 1.00 bits per heavy atom. The first-order valence-electron chi connectivity index (χ1n) is 6.77. The largest absolute Gasteiger partial charge is 0.0625 e. The third-order valence-corrected chi connectivity index (χ3v) is 4.07. The van der Waals surface area contributed by atoms with Gasteiger partial charge in [0.2, 0.25) is 0 Å². The molecule has 0 unspecified atom stereocenters. The average Bonchev–Trinajstić information content (AvgIpc) is 2.30. The van der Waals surface area contributed by atoms with Crippen LogP contribution in [0.15, 0.2) is 24.3 Å². The second-order valence-corrected chi connectivity index (χ2v) is 5.74. The molecule has 1 aliphatic carbocycles. The Kier molecular flexibility index (Phi) is 3.68. The summed E-state index contributed by atoms with van der Waals surface area (Å²) in [5.74, 6) is 2.44. The van der Waals surface area contributed by atoms with Crippen molar-refractivity contribution in [2.24, 2.45) is 5.92 Å². The smallest absolute Gasteiger partial charge is 0.0159 e. The fraction of sp³-hybridized carbons (Fsp3) is 0.625. The molecule has 1 saturated carbocycles. The van der Waals surface area contributed by atoms with E-state index in [1.807, 2.05) is 0 Å². The zero-order chi connectivity index (χ0) is 11.5. The predicted molar refractivity (Wildman–Crippen MR) is 70.9 cm³/mol. The lowest BCUT2D eigenvalue weighted by molar-refractivity contribution is 0.346. The topological polar surface area (TPSA) is 0 Å². The van der Waals surface area contributed by atoms with Crippen molar-refractivity contribution in [2.45, 2.75) is 58.3 Å². The molecule has 0 saturated heterocycles.